The van der Waals surface area contributed by atoms with Gasteiger partial charge in [0.05, 0.1) is 6.33 Å². The lowest BCUT2D eigenvalue weighted by molar-refractivity contribution is 0.539. The van der Waals surface area contributed by atoms with Crippen LogP contribution in [0.2, 0.25) is 0 Å². The molecule has 2 rings (SSSR count). The Hall–Kier alpha value is -1.85. The summed E-state index contributed by atoms with van der Waals surface area (Å²) in [5.41, 5.74) is -4.68. The van der Waals surface area contributed by atoms with E-state index in [1.807, 2.05) is 0 Å². The average Bonchev–Trinajstić information content (AvgIpc) is 3.00. The second kappa shape index (κ2) is 5.42. The van der Waals surface area contributed by atoms with Gasteiger partial charge in [0.15, 0.2) is 11.2 Å². The fourth-order valence-electron chi connectivity index (χ4n) is 1.54. The largest absolute Gasteiger partial charge is 0.332 e. The molecule has 0 fully saturated rings. The normalized spacial score (nSPS) is 27.3. The van der Waals surface area contributed by atoms with E-state index in [4.69, 9.17) is 20.6 Å². The second-order valence-electron chi connectivity index (χ2n) is 3.52. The molecule has 6 nitrogen and oxygen atoms in total. The molecule has 0 aliphatic rings. The molecule has 2 aromatic rings. The van der Waals surface area contributed by atoms with Crippen LogP contribution in [0.1, 0.15) is 53.0 Å². The first-order chi connectivity index (χ1) is 14.9. The Labute approximate surface area is 132 Å². The van der Waals surface area contributed by atoms with E-state index in [0.717, 1.165) is 0 Å². The van der Waals surface area contributed by atoms with Gasteiger partial charge in [-0.05, 0) is 6.37 Å². The summed E-state index contributed by atoms with van der Waals surface area (Å²) in [6, 6.07) is 0. The van der Waals surface area contributed by atoms with Crippen molar-refractivity contribution in [1.82, 2.24) is 18.7 Å². The summed E-state index contributed by atoms with van der Waals surface area (Å²) in [5.74, 6) is 0. The van der Waals surface area contributed by atoms with Gasteiger partial charge in [0.25, 0.3) is 5.56 Å². The molecule has 0 aliphatic carbocycles. The first-order valence-electron chi connectivity index (χ1n) is 12.6. The molecule has 2 aromatic heterocycles. The number of imidazole rings is 1. The summed E-state index contributed by atoms with van der Waals surface area (Å²) in [6.45, 7) is -11.1. The Bertz CT molecular complexity index is 1190. The minimum atomic E-state index is -3.53. The van der Waals surface area contributed by atoms with Crippen molar-refractivity contribution in [2.75, 3.05) is 0 Å². The van der Waals surface area contributed by atoms with Gasteiger partial charge in [-0.1, -0.05) is 26.0 Å². The molecule has 0 radical (unpaired) electrons. The van der Waals surface area contributed by atoms with Crippen molar-refractivity contribution in [3.05, 3.63) is 27.2 Å². The van der Waals surface area contributed by atoms with Gasteiger partial charge in [-0.2, -0.15) is 0 Å². The van der Waals surface area contributed by atoms with Crippen LogP contribution in [0.15, 0.2) is 15.9 Å². The maximum atomic E-state index is 13.0. The minimum Gasteiger partial charge on any atom is -0.328 e. The van der Waals surface area contributed by atoms with Crippen molar-refractivity contribution >= 4 is 11.2 Å². The first kappa shape index (κ1) is 4.07. The van der Waals surface area contributed by atoms with E-state index in [9.17, 15) is 9.59 Å². The predicted molar refractivity (Wildman–Crippen MR) is 74.4 cm³/mol. The van der Waals surface area contributed by atoms with Gasteiger partial charge in [-0.15, -0.1) is 0 Å². The molecule has 0 bridgehead atoms. The molecule has 0 amide bonds. The molecule has 0 aliphatic heterocycles. The Morgan fingerprint density at radius 1 is 1.37 bits per heavy atom. The third-order valence-corrected chi connectivity index (χ3v) is 2.40. The predicted octanol–water partition coefficient (Wildman–Crippen LogP) is 1.01. The molecule has 0 saturated carbocycles. The SMILES string of the molecule is [2H]C([2H])(Cn1c(=O)c2c(ncn2C([2H])([2H])[2H])n(C([2H])([2H])[2H])c1=O)CC([2H])([2H])C([2H])([2H])C([2H])([2H])[2H]. The lowest BCUT2D eigenvalue weighted by Crippen LogP contribution is -2.39. The summed E-state index contributed by atoms with van der Waals surface area (Å²) < 4.78 is 114. The van der Waals surface area contributed by atoms with Crippen molar-refractivity contribution in [2.24, 2.45) is 14.0 Å². The first-order valence-corrected chi connectivity index (χ1v) is 5.09. The zero-order valence-corrected chi connectivity index (χ0v) is 9.60. The quantitative estimate of drug-likeness (QED) is 0.821. The highest BCUT2D eigenvalue weighted by Gasteiger charge is 2.14. The minimum absolute atomic E-state index is 0.0123. The lowest BCUT2D eigenvalue weighted by atomic mass is 10.2. The number of aryl methyl sites for hydroxylation is 2. The van der Waals surface area contributed by atoms with Gasteiger partial charge in [-0.3, -0.25) is 13.9 Å². The monoisotopic (exact) mass is 279 g/mol. The van der Waals surface area contributed by atoms with E-state index in [-0.39, 0.29) is 9.13 Å². The van der Waals surface area contributed by atoms with Crippen molar-refractivity contribution in [2.45, 2.75) is 38.9 Å². The maximum Gasteiger partial charge on any atom is 0.332 e. The molecule has 19 heavy (non-hydrogen) atoms. The highest BCUT2D eigenvalue weighted by Crippen LogP contribution is 2.04. The Balaban J connectivity index is 2.75. The number of hydrogen-bond acceptors (Lipinski definition) is 3. The maximum absolute atomic E-state index is 13.0. The summed E-state index contributed by atoms with van der Waals surface area (Å²) in [4.78, 5) is 29.4. The van der Waals surface area contributed by atoms with E-state index in [1.54, 1.807) is 0 Å². The molecule has 0 aromatic carbocycles. The van der Waals surface area contributed by atoms with E-state index in [0.29, 0.717) is 10.9 Å². The van der Waals surface area contributed by atoms with Gasteiger partial charge < -0.3 is 4.57 Å². The van der Waals surface area contributed by atoms with E-state index in [1.165, 1.54) is 0 Å². The highest BCUT2D eigenvalue weighted by molar-refractivity contribution is 5.69. The molecule has 0 atom stereocenters. The standard InChI is InChI=1S/C13H20N4O2/c1-4-5-6-7-8-17-12(18)10-11(14-9-15(10)2)16(3)13(17)19/h9H,4-8H2,1-3H3/i1D3,2D3,3D3,4D2,5D2,7D2. The van der Waals surface area contributed by atoms with E-state index in [2.05, 4.69) is 4.98 Å². The van der Waals surface area contributed by atoms with Crippen LogP contribution in [0.25, 0.3) is 11.2 Å². The topological polar surface area (TPSA) is 61.8 Å². The highest BCUT2D eigenvalue weighted by atomic mass is 16.2. The zero-order valence-electron chi connectivity index (χ0n) is 24.6. The summed E-state index contributed by atoms with van der Waals surface area (Å²) in [5, 5.41) is 0. The summed E-state index contributed by atoms with van der Waals surface area (Å²) in [6.07, 6.45) is -10.6. The summed E-state index contributed by atoms with van der Waals surface area (Å²) in [7, 11) is 0. The number of aromatic nitrogens is 4. The van der Waals surface area contributed by atoms with Gasteiger partial charge in [0.1, 0.15) is 0 Å². The molecule has 2 heterocycles. The van der Waals surface area contributed by atoms with Crippen molar-refractivity contribution < 1.29 is 20.6 Å². The lowest BCUT2D eigenvalue weighted by Gasteiger charge is -2.08. The van der Waals surface area contributed by atoms with Crippen LogP contribution in [-0.4, -0.2) is 18.7 Å². The molecule has 0 N–H and O–H groups in total. The molecular weight excluding hydrogens is 244 g/mol. The molecule has 0 unspecified atom stereocenters. The van der Waals surface area contributed by atoms with E-state index < -0.39 is 75.3 Å². The average molecular weight is 279 g/mol. The molecule has 0 spiro atoms. The van der Waals surface area contributed by atoms with Gasteiger partial charge in [-0.25, -0.2) is 9.78 Å². The van der Waals surface area contributed by atoms with Crippen molar-refractivity contribution in [1.29, 1.82) is 0 Å². The van der Waals surface area contributed by atoms with Crippen LogP contribution in [0.5, 0.6) is 0 Å². The molecular formula is C13H20N4O2. The van der Waals surface area contributed by atoms with Crippen molar-refractivity contribution in [3.63, 3.8) is 0 Å². The van der Waals surface area contributed by atoms with Crippen LogP contribution in [0.3, 0.4) is 0 Å². The Morgan fingerprint density at radius 2 is 2.26 bits per heavy atom. The number of fused-ring (bicyclic) bond motifs is 1. The molecule has 104 valence electrons. The second-order valence-corrected chi connectivity index (χ2v) is 3.52. The molecule has 6 heteroatoms. The van der Waals surface area contributed by atoms with Gasteiger partial charge >= 0.3 is 5.69 Å². The number of hydrogen-bond donors (Lipinski definition) is 0. The van der Waals surface area contributed by atoms with Gasteiger partial charge in [0, 0.05) is 41.1 Å². The van der Waals surface area contributed by atoms with Crippen LogP contribution < -0.4 is 11.2 Å². The Kier molecular flexibility index (Phi) is 1.16. The number of rotatable bonds is 5. The fraction of sp³-hybridized carbons (Fsp3) is 0.615. The van der Waals surface area contributed by atoms with Crippen LogP contribution in [0.4, 0.5) is 0 Å². The zero-order chi connectivity index (χ0) is 26.9. The smallest absolute Gasteiger partial charge is 0.328 e. The van der Waals surface area contributed by atoms with E-state index >= 15 is 0 Å². The van der Waals surface area contributed by atoms with Crippen molar-refractivity contribution in [3.8, 4) is 0 Å². The van der Waals surface area contributed by atoms with Crippen LogP contribution >= 0.6 is 0 Å². The van der Waals surface area contributed by atoms with Crippen LogP contribution in [-0.2, 0) is 20.5 Å². The third-order valence-electron chi connectivity index (χ3n) is 2.40. The number of nitrogens with zero attached hydrogens (tertiary/aromatic N) is 4. The van der Waals surface area contributed by atoms with Gasteiger partial charge in [0.2, 0.25) is 0 Å². The van der Waals surface area contributed by atoms with Crippen LogP contribution in [0, 0.1) is 0 Å². The Morgan fingerprint density at radius 3 is 3.00 bits per heavy atom. The molecule has 0 saturated heterocycles. The fourth-order valence-corrected chi connectivity index (χ4v) is 1.54. The third kappa shape index (κ3) is 2.34. The summed E-state index contributed by atoms with van der Waals surface area (Å²) >= 11 is 0.